The third-order valence-corrected chi connectivity index (χ3v) is 4.87. The molecule has 0 unspecified atom stereocenters. The summed E-state index contributed by atoms with van der Waals surface area (Å²) >= 11 is 2.12. The van der Waals surface area contributed by atoms with Crippen LogP contribution in [0.4, 0.5) is 4.79 Å². The first-order chi connectivity index (χ1) is 11.8. The number of amides is 1. The molecule has 25 heavy (non-hydrogen) atoms. The van der Waals surface area contributed by atoms with Crippen molar-refractivity contribution in [1.82, 2.24) is 25.1 Å². The summed E-state index contributed by atoms with van der Waals surface area (Å²) in [5.74, 6) is 0.549. The number of aromatic nitrogens is 4. The molecule has 0 saturated heterocycles. The van der Waals surface area contributed by atoms with Gasteiger partial charge in [-0.05, 0) is 52.4 Å². The molecule has 2 heterocycles. The standard InChI is InChI=1S/C17H24IN5O2/c1-17(2,3)25-16(24)21-13-6-4-11(5-7-13)10-23-14-12(9-20-23)8-19-15(18)22-14/h8-9,11,13H,4-7,10H2,1-3H3,(H,21,24)/t11-,13+. The molecule has 3 rings (SSSR count). The van der Waals surface area contributed by atoms with Gasteiger partial charge in [0.2, 0.25) is 0 Å². The molecule has 136 valence electrons. The number of carbonyl (C=O) groups is 1. The highest BCUT2D eigenvalue weighted by molar-refractivity contribution is 14.1. The first kappa shape index (κ1) is 18.3. The molecule has 8 heteroatoms. The zero-order chi connectivity index (χ0) is 18.0. The lowest BCUT2D eigenvalue weighted by atomic mass is 9.86. The van der Waals surface area contributed by atoms with Crippen LogP contribution in [0.1, 0.15) is 46.5 Å². The average Bonchev–Trinajstić information content (AvgIpc) is 2.89. The second kappa shape index (κ2) is 7.43. The predicted octanol–water partition coefficient (Wildman–Crippen LogP) is 3.51. The van der Waals surface area contributed by atoms with Gasteiger partial charge < -0.3 is 10.1 Å². The minimum Gasteiger partial charge on any atom is -0.444 e. The fraction of sp³-hybridized carbons (Fsp3) is 0.647. The van der Waals surface area contributed by atoms with Gasteiger partial charge in [0.25, 0.3) is 0 Å². The third kappa shape index (κ3) is 5.02. The highest BCUT2D eigenvalue weighted by Gasteiger charge is 2.25. The minimum atomic E-state index is -0.457. The molecule has 1 aliphatic rings. The summed E-state index contributed by atoms with van der Waals surface area (Å²) in [6.07, 6.45) is 7.37. The Bertz CT molecular complexity index is 747. The minimum absolute atomic E-state index is 0.198. The summed E-state index contributed by atoms with van der Waals surface area (Å²) in [5.41, 5.74) is 0.440. The van der Waals surface area contributed by atoms with Crippen LogP contribution in [0.5, 0.6) is 0 Å². The van der Waals surface area contributed by atoms with Crippen molar-refractivity contribution in [3.63, 3.8) is 0 Å². The van der Waals surface area contributed by atoms with E-state index in [1.807, 2.05) is 37.8 Å². The van der Waals surface area contributed by atoms with E-state index in [0.717, 1.165) is 47.1 Å². The number of rotatable bonds is 3. The zero-order valence-electron chi connectivity index (χ0n) is 14.8. The molecular weight excluding hydrogens is 433 g/mol. The summed E-state index contributed by atoms with van der Waals surface area (Å²) < 4.78 is 8.04. The topological polar surface area (TPSA) is 81.9 Å². The lowest BCUT2D eigenvalue weighted by molar-refractivity contribution is 0.0486. The van der Waals surface area contributed by atoms with Crippen LogP contribution in [0.2, 0.25) is 0 Å². The molecule has 1 aliphatic carbocycles. The average molecular weight is 457 g/mol. The van der Waals surface area contributed by atoms with Gasteiger partial charge in [0.1, 0.15) is 5.60 Å². The number of hydrogen-bond acceptors (Lipinski definition) is 5. The Hall–Kier alpha value is -1.45. The number of nitrogens with one attached hydrogen (secondary N) is 1. The van der Waals surface area contributed by atoms with Crippen LogP contribution < -0.4 is 5.32 Å². The highest BCUT2D eigenvalue weighted by atomic mass is 127. The van der Waals surface area contributed by atoms with E-state index < -0.39 is 5.60 Å². The first-order valence-corrected chi connectivity index (χ1v) is 9.71. The normalized spacial score (nSPS) is 21.3. The van der Waals surface area contributed by atoms with Gasteiger partial charge in [0, 0.05) is 41.4 Å². The molecule has 0 atom stereocenters. The van der Waals surface area contributed by atoms with E-state index in [-0.39, 0.29) is 12.1 Å². The van der Waals surface area contributed by atoms with Crippen LogP contribution in [0, 0.1) is 9.75 Å². The number of carbonyl (C=O) groups excluding carboxylic acids is 1. The Morgan fingerprint density at radius 2 is 2.04 bits per heavy atom. The van der Waals surface area contributed by atoms with Gasteiger partial charge in [-0.2, -0.15) is 5.10 Å². The smallest absolute Gasteiger partial charge is 0.407 e. The van der Waals surface area contributed by atoms with Crippen LogP contribution in [-0.4, -0.2) is 37.5 Å². The van der Waals surface area contributed by atoms with Gasteiger partial charge in [-0.15, -0.1) is 0 Å². The molecule has 1 saturated carbocycles. The Morgan fingerprint density at radius 1 is 1.32 bits per heavy atom. The van der Waals surface area contributed by atoms with E-state index >= 15 is 0 Å². The van der Waals surface area contributed by atoms with Crippen LogP contribution >= 0.6 is 22.6 Å². The second-order valence-corrected chi connectivity index (χ2v) is 8.57. The van der Waals surface area contributed by atoms with Crippen LogP contribution in [0.25, 0.3) is 11.0 Å². The van der Waals surface area contributed by atoms with Crippen molar-refractivity contribution in [3.05, 3.63) is 16.2 Å². The molecule has 2 aromatic heterocycles. The number of halogens is 1. The highest BCUT2D eigenvalue weighted by Crippen LogP contribution is 2.27. The molecule has 0 bridgehead atoms. The van der Waals surface area contributed by atoms with Crippen molar-refractivity contribution in [2.45, 2.75) is 64.6 Å². The van der Waals surface area contributed by atoms with Crippen molar-refractivity contribution < 1.29 is 9.53 Å². The molecule has 0 aliphatic heterocycles. The van der Waals surface area contributed by atoms with E-state index in [4.69, 9.17) is 4.74 Å². The largest absolute Gasteiger partial charge is 0.444 e. The van der Waals surface area contributed by atoms with Crippen molar-refractivity contribution >= 4 is 39.7 Å². The molecule has 0 spiro atoms. The summed E-state index contributed by atoms with van der Waals surface area (Å²) in [6.45, 7) is 6.49. The summed E-state index contributed by atoms with van der Waals surface area (Å²) in [4.78, 5) is 20.6. The molecule has 0 radical (unpaired) electrons. The second-order valence-electron chi connectivity index (χ2n) is 7.61. The lowest BCUT2D eigenvalue weighted by Gasteiger charge is -2.30. The Balaban J connectivity index is 1.52. The number of alkyl carbamates (subject to hydrolysis) is 1. The molecule has 7 nitrogen and oxygen atoms in total. The van der Waals surface area contributed by atoms with Crippen molar-refractivity contribution in [2.24, 2.45) is 5.92 Å². The van der Waals surface area contributed by atoms with E-state index in [0.29, 0.717) is 5.92 Å². The fourth-order valence-corrected chi connectivity index (χ4v) is 3.56. The Kier molecular flexibility index (Phi) is 5.45. The van der Waals surface area contributed by atoms with Gasteiger partial charge in [-0.3, -0.25) is 0 Å². The zero-order valence-corrected chi connectivity index (χ0v) is 17.0. The number of fused-ring (bicyclic) bond motifs is 1. The SMILES string of the molecule is CC(C)(C)OC(=O)N[C@H]1CC[C@@H](Cn2ncc3cnc(I)nc32)CC1. The maximum absolute atomic E-state index is 11.9. The maximum atomic E-state index is 11.9. The van der Waals surface area contributed by atoms with Gasteiger partial charge in [0.15, 0.2) is 9.48 Å². The van der Waals surface area contributed by atoms with Crippen molar-refractivity contribution in [3.8, 4) is 0 Å². The number of ether oxygens (including phenoxy) is 1. The lowest BCUT2D eigenvalue weighted by Crippen LogP contribution is -2.41. The van der Waals surface area contributed by atoms with Gasteiger partial charge in [-0.1, -0.05) is 0 Å². The molecule has 1 fully saturated rings. The quantitative estimate of drug-likeness (QED) is 0.564. The van der Waals surface area contributed by atoms with E-state index in [1.165, 1.54) is 0 Å². The van der Waals surface area contributed by atoms with Gasteiger partial charge in [0.05, 0.1) is 11.6 Å². The third-order valence-electron chi connectivity index (χ3n) is 4.35. The van der Waals surface area contributed by atoms with Crippen LogP contribution in [0.15, 0.2) is 12.4 Å². The fourth-order valence-electron chi connectivity index (χ4n) is 3.19. The van der Waals surface area contributed by atoms with Crippen LogP contribution in [-0.2, 0) is 11.3 Å². The van der Waals surface area contributed by atoms with Gasteiger partial charge in [-0.25, -0.2) is 19.4 Å². The molecule has 2 aromatic rings. The monoisotopic (exact) mass is 457 g/mol. The predicted molar refractivity (Wildman–Crippen MR) is 103 cm³/mol. The van der Waals surface area contributed by atoms with Gasteiger partial charge >= 0.3 is 6.09 Å². The Labute approximate surface area is 161 Å². The molecule has 0 aromatic carbocycles. The molecule has 1 N–H and O–H groups in total. The Morgan fingerprint density at radius 3 is 2.72 bits per heavy atom. The van der Waals surface area contributed by atoms with Crippen molar-refractivity contribution in [1.29, 1.82) is 0 Å². The van der Waals surface area contributed by atoms with E-state index in [9.17, 15) is 4.79 Å². The molecular formula is C17H24IN5O2. The van der Waals surface area contributed by atoms with E-state index in [2.05, 4.69) is 43.0 Å². The van der Waals surface area contributed by atoms with Crippen LogP contribution in [0.3, 0.4) is 0 Å². The summed E-state index contributed by atoms with van der Waals surface area (Å²) in [7, 11) is 0. The maximum Gasteiger partial charge on any atom is 0.407 e. The number of hydrogen-bond donors (Lipinski definition) is 1. The molecule has 1 amide bonds. The first-order valence-electron chi connectivity index (χ1n) is 8.64. The number of nitrogens with zero attached hydrogens (tertiary/aromatic N) is 4. The van der Waals surface area contributed by atoms with Crippen molar-refractivity contribution in [2.75, 3.05) is 0 Å². The van der Waals surface area contributed by atoms with E-state index in [1.54, 1.807) is 0 Å². The summed E-state index contributed by atoms with van der Waals surface area (Å²) in [6, 6.07) is 0.198. The summed E-state index contributed by atoms with van der Waals surface area (Å²) in [5, 5.41) is 8.42.